The maximum Gasteiger partial charge on any atom is 0.0468 e. The molecule has 0 fully saturated rings. The van der Waals surface area contributed by atoms with Gasteiger partial charge in [-0.1, -0.05) is 25.8 Å². The number of unbranched alkanes of at least 4 members (excludes halogenated alkanes) is 4. The Labute approximate surface area is 101 Å². The molecule has 0 atom stereocenters. The molecule has 0 bridgehead atoms. The highest BCUT2D eigenvalue weighted by Gasteiger charge is 1.91. The topological polar surface area (TPSA) is 21.3 Å². The quantitative estimate of drug-likeness (QED) is 0.384. The minimum atomic E-state index is 0.893. The molecular weight excluding hydrogens is 198 g/mol. The van der Waals surface area contributed by atoms with Crippen molar-refractivity contribution in [2.24, 2.45) is 0 Å². The first kappa shape index (κ1) is 15.7. The molecule has 0 amide bonds. The first-order valence-corrected chi connectivity index (χ1v) is 6.81. The van der Waals surface area contributed by atoms with Crippen LogP contribution in [0, 0.1) is 0 Å². The fourth-order valence-electron chi connectivity index (χ4n) is 1.54. The van der Waals surface area contributed by atoms with Gasteiger partial charge in [0.05, 0.1) is 0 Å². The Morgan fingerprint density at radius 2 is 1.75 bits per heavy atom. The van der Waals surface area contributed by atoms with Gasteiger partial charge in [-0.15, -0.1) is 6.58 Å². The molecule has 16 heavy (non-hydrogen) atoms. The van der Waals surface area contributed by atoms with Crippen molar-refractivity contribution in [1.29, 1.82) is 0 Å². The molecular formula is C14H29NO. The molecule has 0 spiro atoms. The Morgan fingerprint density at radius 1 is 1.00 bits per heavy atom. The van der Waals surface area contributed by atoms with Crippen LogP contribution in [0.25, 0.3) is 0 Å². The summed E-state index contributed by atoms with van der Waals surface area (Å²) in [6, 6.07) is 0. The van der Waals surface area contributed by atoms with Crippen molar-refractivity contribution in [1.82, 2.24) is 5.32 Å². The van der Waals surface area contributed by atoms with E-state index in [0.717, 1.165) is 32.6 Å². The van der Waals surface area contributed by atoms with Crippen molar-refractivity contribution < 1.29 is 4.74 Å². The van der Waals surface area contributed by atoms with Crippen LogP contribution in [0.2, 0.25) is 0 Å². The van der Waals surface area contributed by atoms with E-state index in [1.807, 2.05) is 6.08 Å². The molecule has 0 saturated carbocycles. The highest BCUT2D eigenvalue weighted by molar-refractivity contribution is 4.64. The molecule has 0 aliphatic rings. The van der Waals surface area contributed by atoms with E-state index in [-0.39, 0.29) is 0 Å². The summed E-state index contributed by atoms with van der Waals surface area (Å²) in [6.07, 6.45) is 10.5. The zero-order valence-electron chi connectivity index (χ0n) is 11.0. The second-order valence-electron chi connectivity index (χ2n) is 4.21. The van der Waals surface area contributed by atoms with Crippen molar-refractivity contribution in [2.45, 2.75) is 51.9 Å². The lowest BCUT2D eigenvalue weighted by molar-refractivity contribution is 0.128. The van der Waals surface area contributed by atoms with Crippen LogP contribution in [0.5, 0.6) is 0 Å². The lowest BCUT2D eigenvalue weighted by Gasteiger charge is -2.04. The fourth-order valence-corrected chi connectivity index (χ4v) is 1.54. The van der Waals surface area contributed by atoms with E-state index in [4.69, 9.17) is 4.74 Å². The molecule has 0 rings (SSSR count). The Morgan fingerprint density at radius 3 is 2.50 bits per heavy atom. The monoisotopic (exact) mass is 227 g/mol. The van der Waals surface area contributed by atoms with Gasteiger partial charge in [-0.2, -0.15) is 0 Å². The van der Waals surface area contributed by atoms with Crippen LogP contribution >= 0.6 is 0 Å². The van der Waals surface area contributed by atoms with Gasteiger partial charge in [0.2, 0.25) is 0 Å². The predicted octanol–water partition coefficient (Wildman–Crippen LogP) is 3.53. The number of hydrogen-bond donors (Lipinski definition) is 1. The van der Waals surface area contributed by atoms with E-state index in [1.165, 1.54) is 38.6 Å². The van der Waals surface area contributed by atoms with Gasteiger partial charge >= 0.3 is 0 Å². The van der Waals surface area contributed by atoms with Crippen molar-refractivity contribution in [3.63, 3.8) is 0 Å². The minimum absolute atomic E-state index is 0.893. The van der Waals surface area contributed by atoms with E-state index in [9.17, 15) is 0 Å². The Balaban J connectivity index is 2.85. The van der Waals surface area contributed by atoms with E-state index >= 15 is 0 Å². The highest BCUT2D eigenvalue weighted by Crippen LogP contribution is 2.00. The van der Waals surface area contributed by atoms with Crippen molar-refractivity contribution in [3.8, 4) is 0 Å². The fraction of sp³-hybridized carbons (Fsp3) is 0.857. The summed E-state index contributed by atoms with van der Waals surface area (Å²) in [5.41, 5.74) is 0. The molecule has 0 unspecified atom stereocenters. The van der Waals surface area contributed by atoms with Crippen LogP contribution in [0.3, 0.4) is 0 Å². The maximum absolute atomic E-state index is 5.52. The molecule has 0 aromatic carbocycles. The molecule has 1 N–H and O–H groups in total. The number of ether oxygens (including phenoxy) is 1. The average molecular weight is 227 g/mol. The predicted molar refractivity (Wildman–Crippen MR) is 71.9 cm³/mol. The van der Waals surface area contributed by atoms with Crippen molar-refractivity contribution >= 4 is 0 Å². The standard InChI is InChI=1S/C14H29NO/c1-3-5-9-13-16-14-10-7-6-8-12-15-11-4-2/h3,15H,1,4-14H2,2H3. The van der Waals surface area contributed by atoms with Crippen LogP contribution in [-0.2, 0) is 4.74 Å². The van der Waals surface area contributed by atoms with Gasteiger partial charge in [0.25, 0.3) is 0 Å². The zero-order chi connectivity index (χ0) is 11.9. The van der Waals surface area contributed by atoms with E-state index < -0.39 is 0 Å². The van der Waals surface area contributed by atoms with Crippen LogP contribution in [0.1, 0.15) is 51.9 Å². The summed E-state index contributed by atoms with van der Waals surface area (Å²) in [5.74, 6) is 0. The lowest BCUT2D eigenvalue weighted by Crippen LogP contribution is -2.15. The smallest absolute Gasteiger partial charge is 0.0468 e. The number of allylic oxidation sites excluding steroid dienone is 1. The molecule has 0 aromatic rings. The third kappa shape index (κ3) is 13.7. The van der Waals surface area contributed by atoms with E-state index in [2.05, 4.69) is 18.8 Å². The largest absolute Gasteiger partial charge is 0.381 e. The van der Waals surface area contributed by atoms with Gasteiger partial charge in [-0.05, 0) is 45.2 Å². The second kappa shape index (κ2) is 14.7. The molecule has 0 aliphatic heterocycles. The minimum Gasteiger partial charge on any atom is -0.381 e. The summed E-state index contributed by atoms with van der Waals surface area (Å²) in [4.78, 5) is 0. The molecule has 2 nitrogen and oxygen atoms in total. The lowest BCUT2D eigenvalue weighted by atomic mass is 10.2. The molecule has 2 heteroatoms. The summed E-state index contributed by atoms with van der Waals surface area (Å²) in [7, 11) is 0. The molecule has 0 saturated heterocycles. The van der Waals surface area contributed by atoms with Crippen LogP contribution in [0.4, 0.5) is 0 Å². The molecule has 0 aromatic heterocycles. The summed E-state index contributed by atoms with van der Waals surface area (Å²) >= 11 is 0. The Hall–Kier alpha value is -0.340. The zero-order valence-corrected chi connectivity index (χ0v) is 11.0. The van der Waals surface area contributed by atoms with Gasteiger partial charge in [0.1, 0.15) is 0 Å². The Kier molecular flexibility index (Phi) is 14.3. The van der Waals surface area contributed by atoms with Crippen molar-refractivity contribution in [3.05, 3.63) is 12.7 Å². The van der Waals surface area contributed by atoms with Crippen LogP contribution in [0.15, 0.2) is 12.7 Å². The Bertz CT molecular complexity index is 137. The van der Waals surface area contributed by atoms with Gasteiger partial charge in [-0.25, -0.2) is 0 Å². The number of hydrogen-bond acceptors (Lipinski definition) is 2. The normalized spacial score (nSPS) is 10.6. The van der Waals surface area contributed by atoms with Crippen molar-refractivity contribution in [2.75, 3.05) is 26.3 Å². The van der Waals surface area contributed by atoms with Gasteiger partial charge in [0, 0.05) is 13.2 Å². The first-order valence-electron chi connectivity index (χ1n) is 6.81. The summed E-state index contributed by atoms with van der Waals surface area (Å²) < 4.78 is 5.52. The molecule has 0 radical (unpaired) electrons. The molecule has 0 heterocycles. The van der Waals surface area contributed by atoms with Gasteiger partial charge in [0.15, 0.2) is 0 Å². The van der Waals surface area contributed by atoms with Gasteiger partial charge < -0.3 is 10.1 Å². The second-order valence-corrected chi connectivity index (χ2v) is 4.21. The third-order valence-electron chi connectivity index (χ3n) is 2.52. The van der Waals surface area contributed by atoms with Crippen LogP contribution < -0.4 is 5.32 Å². The maximum atomic E-state index is 5.52. The van der Waals surface area contributed by atoms with Gasteiger partial charge in [-0.3, -0.25) is 0 Å². The van der Waals surface area contributed by atoms with E-state index in [1.54, 1.807) is 0 Å². The summed E-state index contributed by atoms with van der Waals surface area (Å²) in [6.45, 7) is 10.0. The number of nitrogens with one attached hydrogen (secondary N) is 1. The van der Waals surface area contributed by atoms with Crippen LogP contribution in [-0.4, -0.2) is 26.3 Å². The average Bonchev–Trinajstić information content (AvgIpc) is 2.31. The SMILES string of the molecule is C=CCCCOCCCCCCNCCC. The first-order chi connectivity index (χ1) is 7.91. The molecule has 96 valence electrons. The highest BCUT2D eigenvalue weighted by atomic mass is 16.5. The third-order valence-corrected chi connectivity index (χ3v) is 2.52. The summed E-state index contributed by atoms with van der Waals surface area (Å²) in [5, 5.41) is 3.42. The number of rotatable bonds is 13. The molecule has 0 aliphatic carbocycles. The van der Waals surface area contributed by atoms with E-state index in [0.29, 0.717) is 0 Å².